The number of halogens is 1. The molecule has 3 heteroatoms. The Hall–Kier alpha value is -1.54. The second-order valence-electron chi connectivity index (χ2n) is 3.06. The molecule has 0 aliphatic rings. The van der Waals surface area contributed by atoms with Gasteiger partial charge in [-0.25, -0.2) is 0 Å². The predicted octanol–water partition coefficient (Wildman–Crippen LogP) is 3.41. The van der Waals surface area contributed by atoms with Crippen LogP contribution in [0.5, 0.6) is 5.75 Å². The molecule has 0 radical (unpaired) electrons. The van der Waals surface area contributed by atoms with E-state index < -0.39 is 0 Å². The lowest BCUT2D eigenvalue weighted by Gasteiger charge is -2.05. The zero-order chi connectivity index (χ0) is 10.7. The molecule has 0 unspecified atom stereocenters. The smallest absolute Gasteiger partial charge is 0.137 e. The molecule has 0 bridgehead atoms. The van der Waals surface area contributed by atoms with Crippen molar-refractivity contribution in [3.8, 4) is 17.0 Å². The summed E-state index contributed by atoms with van der Waals surface area (Å²) in [5.41, 5.74) is 1.89. The Morgan fingerprint density at radius 2 is 2.07 bits per heavy atom. The fourth-order valence-electron chi connectivity index (χ4n) is 1.36. The Kier molecular flexibility index (Phi) is 2.88. The molecule has 0 aliphatic carbocycles. The average molecular weight is 220 g/mol. The summed E-state index contributed by atoms with van der Waals surface area (Å²) in [6.45, 7) is 0. The molecule has 0 fully saturated rings. The number of pyridine rings is 1. The fourth-order valence-corrected chi connectivity index (χ4v) is 1.62. The molecule has 0 atom stereocenters. The first-order valence-corrected chi connectivity index (χ1v) is 4.94. The van der Waals surface area contributed by atoms with Crippen LogP contribution in [0.1, 0.15) is 0 Å². The third kappa shape index (κ3) is 2.10. The Labute approximate surface area is 93.5 Å². The summed E-state index contributed by atoms with van der Waals surface area (Å²) < 4.78 is 5.08. The minimum absolute atomic E-state index is 0.598. The SMILES string of the molecule is COc1ccc(-c2ccccn2)cc1Cl. The number of aromatic nitrogens is 1. The lowest BCUT2D eigenvalue weighted by molar-refractivity contribution is 0.415. The Balaban J connectivity index is 2.43. The number of rotatable bonds is 2. The van der Waals surface area contributed by atoms with E-state index in [0.717, 1.165) is 11.3 Å². The standard InChI is InChI=1S/C12H10ClNO/c1-15-12-6-5-9(8-10(12)13)11-4-2-3-7-14-11/h2-8H,1H3. The van der Waals surface area contributed by atoms with Crippen molar-refractivity contribution in [2.75, 3.05) is 7.11 Å². The van der Waals surface area contributed by atoms with Crippen LogP contribution in [0.2, 0.25) is 5.02 Å². The summed E-state index contributed by atoms with van der Waals surface area (Å²) in [6, 6.07) is 11.4. The van der Waals surface area contributed by atoms with E-state index >= 15 is 0 Å². The number of ether oxygens (including phenoxy) is 1. The van der Waals surface area contributed by atoms with Crippen LogP contribution in [0.3, 0.4) is 0 Å². The van der Waals surface area contributed by atoms with E-state index in [9.17, 15) is 0 Å². The summed E-state index contributed by atoms with van der Waals surface area (Å²) >= 11 is 6.03. The highest BCUT2D eigenvalue weighted by molar-refractivity contribution is 6.32. The van der Waals surface area contributed by atoms with E-state index in [1.54, 1.807) is 13.3 Å². The van der Waals surface area contributed by atoms with E-state index in [-0.39, 0.29) is 0 Å². The minimum Gasteiger partial charge on any atom is -0.495 e. The highest BCUT2D eigenvalue weighted by atomic mass is 35.5. The molecule has 0 amide bonds. The van der Waals surface area contributed by atoms with Crippen molar-refractivity contribution >= 4 is 11.6 Å². The van der Waals surface area contributed by atoms with E-state index in [1.807, 2.05) is 36.4 Å². The molecule has 0 spiro atoms. The van der Waals surface area contributed by atoms with Gasteiger partial charge in [-0.1, -0.05) is 17.7 Å². The molecule has 76 valence electrons. The van der Waals surface area contributed by atoms with Gasteiger partial charge < -0.3 is 4.74 Å². The van der Waals surface area contributed by atoms with Gasteiger partial charge in [0.05, 0.1) is 17.8 Å². The lowest BCUT2D eigenvalue weighted by atomic mass is 10.1. The maximum atomic E-state index is 6.03. The van der Waals surface area contributed by atoms with Gasteiger partial charge in [0.15, 0.2) is 0 Å². The Morgan fingerprint density at radius 1 is 1.20 bits per heavy atom. The molecule has 0 saturated heterocycles. The first-order valence-electron chi connectivity index (χ1n) is 4.56. The van der Waals surface area contributed by atoms with Crippen LogP contribution in [0.25, 0.3) is 11.3 Å². The molecule has 2 aromatic rings. The van der Waals surface area contributed by atoms with E-state index in [4.69, 9.17) is 16.3 Å². The number of nitrogens with zero attached hydrogens (tertiary/aromatic N) is 1. The Bertz CT molecular complexity index is 456. The van der Waals surface area contributed by atoms with Crippen molar-refractivity contribution in [3.63, 3.8) is 0 Å². The van der Waals surface area contributed by atoms with Crippen molar-refractivity contribution < 1.29 is 4.74 Å². The fraction of sp³-hybridized carbons (Fsp3) is 0.0833. The molecule has 15 heavy (non-hydrogen) atoms. The summed E-state index contributed by atoms with van der Waals surface area (Å²) in [5, 5.41) is 0.598. The van der Waals surface area contributed by atoms with Gasteiger partial charge in [0.2, 0.25) is 0 Å². The van der Waals surface area contributed by atoms with Gasteiger partial charge in [0, 0.05) is 11.8 Å². The molecular formula is C12H10ClNO. The zero-order valence-corrected chi connectivity index (χ0v) is 9.03. The quantitative estimate of drug-likeness (QED) is 0.772. The summed E-state index contributed by atoms with van der Waals surface area (Å²) in [7, 11) is 1.60. The molecule has 0 saturated carbocycles. The van der Waals surface area contributed by atoms with E-state index in [1.165, 1.54) is 0 Å². The van der Waals surface area contributed by atoms with Crippen LogP contribution in [0.15, 0.2) is 42.6 Å². The van der Waals surface area contributed by atoms with Gasteiger partial charge in [-0.15, -0.1) is 0 Å². The molecule has 1 aromatic carbocycles. The molecule has 0 aliphatic heterocycles. The second-order valence-corrected chi connectivity index (χ2v) is 3.47. The van der Waals surface area contributed by atoms with Gasteiger partial charge in [-0.3, -0.25) is 4.98 Å². The van der Waals surface area contributed by atoms with Crippen LogP contribution in [-0.2, 0) is 0 Å². The van der Waals surface area contributed by atoms with Gasteiger partial charge in [-0.2, -0.15) is 0 Å². The third-order valence-electron chi connectivity index (χ3n) is 2.11. The predicted molar refractivity (Wildman–Crippen MR) is 61.2 cm³/mol. The number of hydrogen-bond acceptors (Lipinski definition) is 2. The number of benzene rings is 1. The topological polar surface area (TPSA) is 22.1 Å². The van der Waals surface area contributed by atoms with Crippen LogP contribution in [0.4, 0.5) is 0 Å². The monoisotopic (exact) mass is 219 g/mol. The van der Waals surface area contributed by atoms with E-state index in [2.05, 4.69) is 4.98 Å². The van der Waals surface area contributed by atoms with Crippen molar-refractivity contribution in [3.05, 3.63) is 47.6 Å². The molecule has 1 heterocycles. The highest BCUT2D eigenvalue weighted by Gasteiger charge is 2.03. The normalized spacial score (nSPS) is 10.0. The van der Waals surface area contributed by atoms with Crippen LogP contribution >= 0.6 is 11.6 Å². The van der Waals surface area contributed by atoms with Gasteiger partial charge >= 0.3 is 0 Å². The summed E-state index contributed by atoms with van der Waals surface area (Å²) in [6.07, 6.45) is 1.76. The van der Waals surface area contributed by atoms with Crippen molar-refractivity contribution in [1.82, 2.24) is 4.98 Å². The van der Waals surface area contributed by atoms with Crippen molar-refractivity contribution in [2.45, 2.75) is 0 Å². The zero-order valence-electron chi connectivity index (χ0n) is 8.27. The molecule has 0 N–H and O–H groups in total. The molecule has 2 rings (SSSR count). The highest BCUT2D eigenvalue weighted by Crippen LogP contribution is 2.28. The first-order chi connectivity index (χ1) is 7.31. The average Bonchev–Trinajstić information content (AvgIpc) is 2.30. The number of hydrogen-bond donors (Lipinski definition) is 0. The molecular weight excluding hydrogens is 210 g/mol. The lowest BCUT2D eigenvalue weighted by Crippen LogP contribution is -1.86. The third-order valence-corrected chi connectivity index (χ3v) is 2.41. The molecule has 1 aromatic heterocycles. The first kappa shape index (κ1) is 9.99. The van der Waals surface area contributed by atoms with Crippen LogP contribution in [-0.4, -0.2) is 12.1 Å². The maximum absolute atomic E-state index is 6.03. The van der Waals surface area contributed by atoms with Crippen LogP contribution in [0, 0.1) is 0 Å². The van der Waals surface area contributed by atoms with Gasteiger partial charge in [-0.05, 0) is 30.3 Å². The van der Waals surface area contributed by atoms with Crippen LogP contribution < -0.4 is 4.74 Å². The van der Waals surface area contributed by atoms with Gasteiger partial charge in [0.1, 0.15) is 5.75 Å². The largest absolute Gasteiger partial charge is 0.495 e. The van der Waals surface area contributed by atoms with Gasteiger partial charge in [0.25, 0.3) is 0 Å². The van der Waals surface area contributed by atoms with E-state index in [0.29, 0.717) is 10.8 Å². The maximum Gasteiger partial charge on any atom is 0.137 e. The molecule has 2 nitrogen and oxygen atoms in total. The minimum atomic E-state index is 0.598. The second kappa shape index (κ2) is 4.32. The number of methoxy groups -OCH3 is 1. The Morgan fingerprint density at radius 3 is 2.67 bits per heavy atom. The summed E-state index contributed by atoms with van der Waals surface area (Å²) in [5.74, 6) is 0.677. The summed E-state index contributed by atoms with van der Waals surface area (Å²) in [4.78, 5) is 4.25. The van der Waals surface area contributed by atoms with Crippen molar-refractivity contribution in [2.24, 2.45) is 0 Å². The van der Waals surface area contributed by atoms with Crippen molar-refractivity contribution in [1.29, 1.82) is 0 Å².